The number of aromatic nitrogens is 2. The van der Waals surface area contributed by atoms with Gasteiger partial charge in [-0.1, -0.05) is 12.1 Å². The number of halogens is 3. The van der Waals surface area contributed by atoms with Crippen molar-refractivity contribution in [2.75, 3.05) is 36.8 Å². The van der Waals surface area contributed by atoms with Crippen LogP contribution in [-0.4, -0.2) is 86.6 Å². The molecule has 2 saturated carbocycles. The predicted molar refractivity (Wildman–Crippen MR) is 234 cm³/mol. The third-order valence-corrected chi connectivity index (χ3v) is 15.3. The van der Waals surface area contributed by atoms with E-state index >= 15 is 0 Å². The largest absolute Gasteiger partial charge is 0.433 e. The van der Waals surface area contributed by atoms with Gasteiger partial charge in [0, 0.05) is 42.4 Å². The monoisotopic (exact) mass is 899 g/mol. The van der Waals surface area contributed by atoms with Crippen molar-refractivity contribution in [3.8, 4) is 0 Å². The van der Waals surface area contributed by atoms with Crippen molar-refractivity contribution in [1.82, 2.24) is 25.1 Å². The number of anilines is 2. The van der Waals surface area contributed by atoms with E-state index in [4.69, 9.17) is 4.98 Å². The van der Waals surface area contributed by atoms with E-state index in [1.807, 2.05) is 6.07 Å². The van der Waals surface area contributed by atoms with Gasteiger partial charge in [-0.25, -0.2) is 9.97 Å². The van der Waals surface area contributed by atoms with Crippen molar-refractivity contribution in [1.29, 1.82) is 0 Å². The highest BCUT2D eigenvalue weighted by Crippen LogP contribution is 2.53. The number of fused-ring (bicyclic) bond motifs is 2. The third kappa shape index (κ3) is 8.77. The van der Waals surface area contributed by atoms with Crippen LogP contribution in [0.3, 0.4) is 0 Å². The van der Waals surface area contributed by atoms with E-state index in [9.17, 15) is 42.3 Å². The van der Waals surface area contributed by atoms with Crippen molar-refractivity contribution in [3.05, 3.63) is 81.6 Å². The predicted octanol–water partition coefficient (Wildman–Crippen LogP) is 7.86. The lowest BCUT2D eigenvalue weighted by molar-refractivity contribution is -0.141. The second kappa shape index (κ2) is 16.9. The number of likely N-dealkylation sites (tertiary alicyclic amines) is 1. The first-order valence-corrected chi connectivity index (χ1v) is 23.1. The number of thiazole rings is 1. The number of hydrogen-bond donors (Lipinski definition) is 4. The summed E-state index contributed by atoms with van der Waals surface area (Å²) in [7, 11) is 0. The zero-order chi connectivity index (χ0) is 45.1. The molecule has 5 aliphatic rings. The molecule has 9 rings (SSSR count). The minimum absolute atomic E-state index is 0.180. The molecule has 1 unspecified atom stereocenters. The van der Waals surface area contributed by atoms with Gasteiger partial charge in [-0.3, -0.25) is 34.2 Å². The minimum Gasteiger partial charge on any atom is -0.386 e. The van der Waals surface area contributed by atoms with Gasteiger partial charge < -0.3 is 20.6 Å². The van der Waals surface area contributed by atoms with Crippen LogP contribution in [0.1, 0.15) is 138 Å². The van der Waals surface area contributed by atoms with Gasteiger partial charge in [0.05, 0.1) is 32.0 Å². The summed E-state index contributed by atoms with van der Waals surface area (Å²) >= 11 is 1.55. The molecule has 4 fully saturated rings. The summed E-state index contributed by atoms with van der Waals surface area (Å²) in [5.74, 6) is -1.46. The van der Waals surface area contributed by atoms with Crippen LogP contribution in [0.25, 0.3) is 10.2 Å². The molecule has 2 aliphatic carbocycles. The number of nitrogens with one attached hydrogen (secondary N) is 3. The van der Waals surface area contributed by atoms with E-state index in [0.717, 1.165) is 97.7 Å². The number of piperidine rings is 1. The highest BCUT2D eigenvalue weighted by Gasteiger charge is 2.47. The first-order valence-electron chi connectivity index (χ1n) is 22.3. The molecule has 5 heterocycles. The molecule has 1 atom stereocenters. The summed E-state index contributed by atoms with van der Waals surface area (Å²) in [5, 5.41) is 20.5. The van der Waals surface area contributed by atoms with E-state index in [1.54, 1.807) is 49.4 Å². The molecular formula is C47H52F3N7O6S. The summed E-state index contributed by atoms with van der Waals surface area (Å²) in [6, 6.07) is 10.8. The lowest BCUT2D eigenvalue weighted by Crippen LogP contribution is -2.49. The maximum absolute atomic E-state index is 13.6. The van der Waals surface area contributed by atoms with E-state index in [2.05, 4.69) is 25.8 Å². The van der Waals surface area contributed by atoms with Crippen molar-refractivity contribution in [3.63, 3.8) is 0 Å². The molecule has 4 N–H and O–H groups in total. The van der Waals surface area contributed by atoms with E-state index in [1.165, 1.54) is 6.07 Å². The summed E-state index contributed by atoms with van der Waals surface area (Å²) in [4.78, 5) is 76.8. The fourth-order valence-corrected chi connectivity index (χ4v) is 11.8. The van der Waals surface area contributed by atoms with Crippen LogP contribution < -0.4 is 16.0 Å². The summed E-state index contributed by atoms with van der Waals surface area (Å²) in [5.41, 5.74) is 0.00807. The van der Waals surface area contributed by atoms with Gasteiger partial charge in [-0.2, -0.15) is 13.2 Å². The number of hydrogen-bond acceptors (Lipinski definition) is 11. The molecule has 13 nitrogen and oxygen atoms in total. The molecule has 0 bridgehead atoms. The van der Waals surface area contributed by atoms with Crippen LogP contribution in [0.5, 0.6) is 0 Å². The van der Waals surface area contributed by atoms with Crippen LogP contribution >= 0.6 is 11.3 Å². The van der Waals surface area contributed by atoms with Crippen LogP contribution in [0, 0.1) is 17.3 Å². The topological polar surface area (TPSA) is 174 Å². The maximum atomic E-state index is 13.6. The number of rotatable bonds is 10. The highest BCUT2D eigenvalue weighted by molar-refractivity contribution is 7.18. The Kier molecular flexibility index (Phi) is 11.6. The van der Waals surface area contributed by atoms with Crippen LogP contribution in [-0.2, 0) is 21.4 Å². The Morgan fingerprint density at radius 3 is 2.38 bits per heavy atom. The Bertz CT molecular complexity index is 2510. The van der Waals surface area contributed by atoms with Crippen molar-refractivity contribution in [2.45, 2.75) is 108 Å². The van der Waals surface area contributed by atoms with Gasteiger partial charge in [0.1, 0.15) is 17.4 Å². The van der Waals surface area contributed by atoms with Crippen molar-refractivity contribution < 1.29 is 42.3 Å². The normalized spacial score (nSPS) is 23.2. The smallest absolute Gasteiger partial charge is 0.386 e. The number of imide groups is 2. The number of nitrogens with zero attached hydrogens (tertiary/aromatic N) is 4. The number of carbonyl (C=O) groups is 5. The number of carbonyl (C=O) groups excluding carboxylic acids is 5. The first-order chi connectivity index (χ1) is 30.4. The third-order valence-electron chi connectivity index (χ3n) is 14.1. The Balaban J connectivity index is 0.748. The Hall–Kier alpha value is -5.26. The fourth-order valence-electron chi connectivity index (χ4n) is 10.7. The molecule has 338 valence electrons. The lowest BCUT2D eigenvalue weighted by atomic mass is 9.57. The summed E-state index contributed by atoms with van der Waals surface area (Å²) < 4.78 is 40.7. The second-order valence-electron chi connectivity index (χ2n) is 19.0. The van der Waals surface area contributed by atoms with Crippen molar-refractivity contribution >= 4 is 62.5 Å². The second-order valence-corrected chi connectivity index (χ2v) is 20.1. The molecular weight excluding hydrogens is 848 g/mol. The van der Waals surface area contributed by atoms with Gasteiger partial charge in [0.25, 0.3) is 17.7 Å². The molecule has 2 aromatic heterocycles. The van der Waals surface area contributed by atoms with Gasteiger partial charge in [0.2, 0.25) is 11.8 Å². The molecule has 3 aliphatic heterocycles. The average Bonchev–Trinajstić information content (AvgIpc) is 3.72. The molecule has 0 radical (unpaired) electrons. The molecule has 1 spiro atoms. The van der Waals surface area contributed by atoms with E-state index in [-0.39, 0.29) is 24.1 Å². The molecule has 64 heavy (non-hydrogen) atoms. The Morgan fingerprint density at radius 2 is 1.66 bits per heavy atom. The van der Waals surface area contributed by atoms with Crippen LogP contribution in [0.15, 0.2) is 48.5 Å². The van der Waals surface area contributed by atoms with Gasteiger partial charge in [-0.05, 0) is 145 Å². The number of alkyl halides is 3. The van der Waals surface area contributed by atoms with Gasteiger partial charge in [-0.15, -0.1) is 11.3 Å². The molecule has 2 saturated heterocycles. The quantitative estimate of drug-likeness (QED) is 0.115. The number of aliphatic hydroxyl groups is 1. The van der Waals surface area contributed by atoms with E-state index in [0.29, 0.717) is 64.2 Å². The zero-order valence-corrected chi connectivity index (χ0v) is 36.7. The summed E-state index contributed by atoms with van der Waals surface area (Å²) in [6.45, 7) is 7.08. The average molecular weight is 900 g/mol. The zero-order valence-electron chi connectivity index (χ0n) is 35.9. The van der Waals surface area contributed by atoms with Crippen molar-refractivity contribution in [2.24, 2.45) is 17.3 Å². The van der Waals surface area contributed by atoms with E-state index < -0.39 is 53.0 Å². The maximum Gasteiger partial charge on any atom is 0.433 e. The number of pyridine rings is 1. The Labute approximate surface area is 372 Å². The van der Waals surface area contributed by atoms with Gasteiger partial charge >= 0.3 is 6.18 Å². The minimum atomic E-state index is -4.69. The highest BCUT2D eigenvalue weighted by atomic mass is 32.1. The molecule has 5 amide bonds. The lowest BCUT2D eigenvalue weighted by Gasteiger charge is -2.53. The number of amides is 5. The molecule has 4 aromatic rings. The first kappa shape index (κ1) is 44.0. The molecule has 17 heteroatoms. The number of benzene rings is 2. The van der Waals surface area contributed by atoms with Gasteiger partial charge in [0.15, 0.2) is 0 Å². The van der Waals surface area contributed by atoms with Crippen LogP contribution in [0.4, 0.5) is 24.5 Å². The standard InChI is InChI=1S/C47H52F3N7O6S/c1-45(2,63)30-20-34-36(21-33(30)53-40(59)32-8-4-10-37(52-32)47(48,49)50)64-42(54-34)28-14-12-26(13-15-28)25-56-18-16-46(17-19-56)22-27(23-46)24-51-31-7-3-6-29-39(31)44(62)57(43(29)61)35-9-5-11-38(58)55-41(35)60/h3-4,6-8,10,20-21,26-28,35,51,63H,5,9,11-19,22-25H2,1-2H3,(H,53,59)(H,55,58,60)/t26-,28-,35?. The summed E-state index contributed by atoms with van der Waals surface area (Å²) in [6.07, 6.45) is 4.92. The fraction of sp³-hybridized carbons (Fsp3) is 0.511. The Morgan fingerprint density at radius 1 is 0.922 bits per heavy atom. The molecule has 2 aromatic carbocycles. The van der Waals surface area contributed by atoms with Crippen LogP contribution in [0.2, 0.25) is 0 Å². The SMILES string of the molecule is CC(C)(O)c1cc2nc([C@H]3CC[C@H](CN4CCC5(CC4)CC(CNc4cccc6c4C(=O)N(C4CCCC(=O)NC4=O)C6=O)C5)CC3)sc2cc1NC(=O)c1cccc(C(F)(F)F)n1.